The van der Waals surface area contributed by atoms with Crippen LogP contribution in [0.5, 0.6) is 5.88 Å². The van der Waals surface area contributed by atoms with Crippen molar-refractivity contribution in [3.05, 3.63) is 65.9 Å². The highest BCUT2D eigenvalue weighted by Gasteiger charge is 2.45. The molecule has 2 aliphatic heterocycles. The largest absolute Gasteiger partial charge is 0.470 e. The zero-order chi connectivity index (χ0) is 20.7. The van der Waals surface area contributed by atoms with Crippen molar-refractivity contribution in [3.8, 4) is 11.6 Å². The summed E-state index contributed by atoms with van der Waals surface area (Å²) in [4.78, 5) is 21.0. The van der Waals surface area contributed by atoms with Gasteiger partial charge >= 0.3 is 0 Å². The number of amides is 1. The van der Waals surface area contributed by atoms with Crippen LogP contribution < -0.4 is 4.74 Å². The molecule has 4 heterocycles. The lowest BCUT2D eigenvalue weighted by Gasteiger charge is -2.49. The maximum absolute atomic E-state index is 14.3. The van der Waals surface area contributed by atoms with Crippen LogP contribution in [-0.4, -0.2) is 49.5 Å². The number of rotatable bonds is 4. The monoisotopic (exact) mass is 407 g/mol. The van der Waals surface area contributed by atoms with Gasteiger partial charge < -0.3 is 9.64 Å². The highest BCUT2D eigenvalue weighted by Crippen LogP contribution is 2.38. The molecule has 0 spiro atoms. The van der Waals surface area contributed by atoms with Crippen LogP contribution in [0.3, 0.4) is 0 Å². The third-order valence-corrected chi connectivity index (χ3v) is 5.96. The minimum atomic E-state index is -0.468. The summed E-state index contributed by atoms with van der Waals surface area (Å²) in [6.45, 7) is 2.46. The third kappa shape index (κ3) is 3.32. The number of nitrogens with zero attached hydrogens (tertiary/aromatic N) is 5. The van der Waals surface area contributed by atoms with Gasteiger partial charge in [0.05, 0.1) is 29.7 Å². The Labute approximate surface area is 173 Å². The van der Waals surface area contributed by atoms with Gasteiger partial charge in [-0.2, -0.15) is 15.0 Å². The van der Waals surface area contributed by atoms with Gasteiger partial charge in [-0.15, -0.1) is 0 Å². The molecule has 3 aromatic rings. The molecule has 6 rings (SSSR count). The first kappa shape index (κ1) is 18.7. The van der Waals surface area contributed by atoms with E-state index < -0.39 is 5.82 Å². The summed E-state index contributed by atoms with van der Waals surface area (Å²) in [7, 11) is 0. The number of fused-ring (bicyclic) bond motifs is 3. The number of ether oxygens (including phenoxy) is 1. The lowest BCUT2D eigenvalue weighted by molar-refractivity contribution is -0.0326. The molecule has 0 radical (unpaired) electrons. The van der Waals surface area contributed by atoms with Gasteiger partial charge in [0.25, 0.3) is 11.8 Å². The number of carbonyl (C=O) groups is 1. The van der Waals surface area contributed by atoms with Crippen LogP contribution in [-0.2, 0) is 0 Å². The van der Waals surface area contributed by atoms with E-state index in [-0.39, 0.29) is 23.9 Å². The van der Waals surface area contributed by atoms with E-state index in [0.29, 0.717) is 23.7 Å². The van der Waals surface area contributed by atoms with Gasteiger partial charge in [0.1, 0.15) is 6.10 Å². The van der Waals surface area contributed by atoms with Crippen molar-refractivity contribution in [1.29, 1.82) is 0 Å². The number of para-hydroxylation sites is 1. The molecule has 2 saturated heterocycles. The number of piperidine rings is 2. The van der Waals surface area contributed by atoms with E-state index in [0.717, 1.165) is 24.8 Å². The van der Waals surface area contributed by atoms with E-state index in [9.17, 15) is 9.18 Å². The lowest BCUT2D eigenvalue weighted by atomic mass is 9.77. The maximum Gasteiger partial charge on any atom is 0.256 e. The van der Waals surface area contributed by atoms with Crippen molar-refractivity contribution in [1.82, 2.24) is 24.9 Å². The van der Waals surface area contributed by atoms with E-state index in [1.165, 1.54) is 10.9 Å². The van der Waals surface area contributed by atoms with E-state index >= 15 is 0 Å². The van der Waals surface area contributed by atoms with E-state index in [2.05, 4.69) is 15.2 Å². The van der Waals surface area contributed by atoms with Crippen LogP contribution >= 0.6 is 0 Å². The summed E-state index contributed by atoms with van der Waals surface area (Å²) >= 11 is 0. The summed E-state index contributed by atoms with van der Waals surface area (Å²) in [5.41, 5.74) is 1.92. The number of pyridine rings is 1. The molecule has 2 aromatic heterocycles. The number of hydrogen-bond donors (Lipinski definition) is 0. The number of benzene rings is 1. The molecule has 1 aromatic carbocycles. The minimum Gasteiger partial charge on any atom is -0.470 e. The van der Waals surface area contributed by atoms with Crippen molar-refractivity contribution in [2.75, 3.05) is 6.54 Å². The Morgan fingerprint density at radius 2 is 2.00 bits per heavy atom. The maximum atomic E-state index is 14.3. The zero-order valence-corrected chi connectivity index (χ0v) is 16.6. The Kier molecular flexibility index (Phi) is 4.69. The highest BCUT2D eigenvalue weighted by molar-refractivity contribution is 5.98. The Morgan fingerprint density at radius 1 is 1.20 bits per heavy atom. The van der Waals surface area contributed by atoms with E-state index in [1.807, 2.05) is 23.1 Å². The molecule has 154 valence electrons. The summed E-state index contributed by atoms with van der Waals surface area (Å²) < 4.78 is 20.3. The number of halogens is 1. The number of aromatic nitrogens is 4. The topological polar surface area (TPSA) is 73.1 Å². The molecule has 3 unspecified atom stereocenters. The fourth-order valence-corrected chi connectivity index (χ4v) is 4.57. The smallest absolute Gasteiger partial charge is 0.256 e. The summed E-state index contributed by atoms with van der Waals surface area (Å²) in [5.74, 6) is -0.216. The molecule has 3 atom stereocenters. The Hall–Kier alpha value is -3.29. The number of carbonyl (C=O) groups excluding carboxylic acids is 1. The molecular formula is C22H22FN5O2. The van der Waals surface area contributed by atoms with Gasteiger partial charge in [-0.05, 0) is 55.9 Å². The van der Waals surface area contributed by atoms with Gasteiger partial charge in [0.2, 0.25) is 0 Å². The molecule has 8 heteroatoms. The van der Waals surface area contributed by atoms with Crippen molar-refractivity contribution in [3.63, 3.8) is 0 Å². The minimum absolute atomic E-state index is 0.00619. The molecule has 0 N–H and O–H groups in total. The number of aryl methyl sites for hydroxylation is 1. The second kappa shape index (κ2) is 7.51. The van der Waals surface area contributed by atoms with Crippen LogP contribution in [0.4, 0.5) is 4.39 Å². The molecule has 1 amide bonds. The van der Waals surface area contributed by atoms with Crippen molar-refractivity contribution in [2.45, 2.75) is 38.3 Å². The van der Waals surface area contributed by atoms with Crippen LogP contribution in [0.25, 0.3) is 5.69 Å². The summed E-state index contributed by atoms with van der Waals surface area (Å²) in [6, 6.07) is 8.61. The second-order valence-corrected chi connectivity index (χ2v) is 8.00. The summed E-state index contributed by atoms with van der Waals surface area (Å²) in [6.07, 6.45) is 7.15. The average Bonchev–Trinajstić information content (AvgIpc) is 3.30. The van der Waals surface area contributed by atoms with Crippen molar-refractivity contribution < 1.29 is 13.9 Å². The van der Waals surface area contributed by atoms with Crippen molar-refractivity contribution in [2.24, 2.45) is 5.92 Å². The van der Waals surface area contributed by atoms with E-state index in [4.69, 9.17) is 4.74 Å². The quantitative estimate of drug-likeness (QED) is 0.664. The average molecular weight is 407 g/mol. The van der Waals surface area contributed by atoms with Gasteiger partial charge in [-0.25, -0.2) is 9.37 Å². The molecule has 2 bridgehead atoms. The Balaban J connectivity index is 1.42. The first-order valence-electron chi connectivity index (χ1n) is 10.2. The second-order valence-electron chi connectivity index (χ2n) is 8.00. The summed E-state index contributed by atoms with van der Waals surface area (Å²) in [5, 5.41) is 8.34. The van der Waals surface area contributed by atoms with Crippen molar-refractivity contribution >= 4 is 5.91 Å². The normalized spacial score (nSPS) is 22.9. The highest BCUT2D eigenvalue weighted by atomic mass is 19.1. The molecule has 7 nitrogen and oxygen atoms in total. The lowest BCUT2D eigenvalue weighted by Crippen LogP contribution is -2.59. The Morgan fingerprint density at radius 3 is 2.77 bits per heavy atom. The molecule has 3 fully saturated rings. The predicted molar refractivity (Wildman–Crippen MR) is 107 cm³/mol. The SMILES string of the molecule is Cc1cnc(OC2CC3CCC2N(C(=O)c2ccccc2-n2nccn2)C3)c(F)c1. The van der Waals surface area contributed by atoms with E-state index in [1.54, 1.807) is 31.6 Å². The van der Waals surface area contributed by atoms with Crippen LogP contribution in [0.2, 0.25) is 0 Å². The molecule has 30 heavy (non-hydrogen) atoms. The molecule has 1 saturated carbocycles. The first-order chi connectivity index (χ1) is 14.6. The van der Waals surface area contributed by atoms with Gasteiger partial charge in [0, 0.05) is 12.7 Å². The third-order valence-electron chi connectivity index (χ3n) is 5.96. The van der Waals surface area contributed by atoms with Crippen LogP contribution in [0, 0.1) is 18.7 Å². The predicted octanol–water partition coefficient (Wildman–Crippen LogP) is 3.18. The molecular weight excluding hydrogens is 385 g/mol. The molecule has 3 aliphatic rings. The fraction of sp³-hybridized carbons (Fsp3) is 0.364. The van der Waals surface area contributed by atoms with Gasteiger partial charge in [-0.1, -0.05) is 12.1 Å². The standard InChI is InChI=1S/C22H22FN5O2/c1-14-10-17(23)21(24-12-14)30-20-11-15-6-7-19(20)27(13-15)22(29)16-4-2-3-5-18(16)28-25-8-9-26-28/h2-5,8-10,12,15,19-20H,6-7,11,13H2,1H3. The fourth-order valence-electron chi connectivity index (χ4n) is 4.57. The van der Waals surface area contributed by atoms with Crippen LogP contribution in [0.1, 0.15) is 35.2 Å². The number of hydrogen-bond acceptors (Lipinski definition) is 5. The Bertz CT molecular complexity index is 1070. The first-order valence-corrected chi connectivity index (χ1v) is 10.2. The molecule has 1 aliphatic carbocycles. The van der Waals surface area contributed by atoms with Crippen LogP contribution in [0.15, 0.2) is 48.9 Å². The van der Waals surface area contributed by atoms with Gasteiger partial charge in [-0.3, -0.25) is 4.79 Å². The van der Waals surface area contributed by atoms with Gasteiger partial charge in [0.15, 0.2) is 5.82 Å². The zero-order valence-electron chi connectivity index (χ0n) is 16.6.